The predicted molar refractivity (Wildman–Crippen MR) is 157 cm³/mol. The van der Waals surface area contributed by atoms with Gasteiger partial charge in [-0.15, -0.1) is 0 Å². The number of halogens is 4. The van der Waals surface area contributed by atoms with Crippen LogP contribution in [0.15, 0.2) is 77.8 Å². The molecule has 0 unspecified atom stereocenters. The molecule has 43 heavy (non-hydrogen) atoms. The van der Waals surface area contributed by atoms with Gasteiger partial charge in [0.2, 0.25) is 10.0 Å². The molecule has 4 aromatic rings. The normalized spacial score (nSPS) is 14.6. The minimum atomic E-state index is -4.62. The standard InChI is InChI=1S/C30H28ClF3N4O4S/c1-3-42-29(39)25-20(2)38(23-8-5-4-6-9-23)26(21-11-13-22(31)14-12-21)27(25)43(40,41)37-18-16-36(17-19-37)28-24(30(32,33)34)10-7-15-35-28/h4-15H,3,16-19H2,1-2H3. The highest BCUT2D eigenvalue weighted by atomic mass is 35.5. The van der Waals surface area contributed by atoms with Crippen LogP contribution in [0.5, 0.6) is 0 Å². The summed E-state index contributed by atoms with van der Waals surface area (Å²) >= 11 is 6.15. The quantitative estimate of drug-likeness (QED) is 0.225. The average Bonchev–Trinajstić information content (AvgIpc) is 3.31. The van der Waals surface area contributed by atoms with Crippen molar-refractivity contribution in [3.63, 3.8) is 0 Å². The summed E-state index contributed by atoms with van der Waals surface area (Å²) in [5.41, 5.74) is 0.715. The summed E-state index contributed by atoms with van der Waals surface area (Å²) in [7, 11) is -4.39. The van der Waals surface area contributed by atoms with Gasteiger partial charge in [-0.05, 0) is 50.2 Å². The smallest absolute Gasteiger partial charge is 0.419 e. The molecular weight excluding hydrogens is 605 g/mol. The van der Waals surface area contributed by atoms with E-state index < -0.39 is 27.7 Å². The summed E-state index contributed by atoms with van der Waals surface area (Å²) in [6.45, 7) is 2.96. The highest BCUT2D eigenvalue weighted by molar-refractivity contribution is 7.89. The van der Waals surface area contributed by atoms with Crippen molar-refractivity contribution in [2.75, 3.05) is 37.7 Å². The number of esters is 1. The third kappa shape index (κ3) is 5.86. The maximum absolute atomic E-state index is 14.5. The van der Waals surface area contributed by atoms with Gasteiger partial charge in [0.1, 0.15) is 16.3 Å². The number of carbonyl (C=O) groups excluding carboxylic acids is 1. The molecule has 0 spiro atoms. The van der Waals surface area contributed by atoms with E-state index in [1.807, 2.05) is 6.07 Å². The lowest BCUT2D eigenvalue weighted by atomic mass is 10.1. The molecule has 0 bridgehead atoms. The molecule has 226 valence electrons. The Bertz CT molecular complexity index is 1740. The SMILES string of the molecule is CCOC(=O)c1c(S(=O)(=O)N2CCN(c3ncccc3C(F)(F)F)CC2)c(-c2ccc(Cl)cc2)n(-c2ccccc2)c1C. The summed E-state index contributed by atoms with van der Waals surface area (Å²) in [4.78, 5) is 18.5. The monoisotopic (exact) mass is 632 g/mol. The summed E-state index contributed by atoms with van der Waals surface area (Å²) in [6.07, 6.45) is -3.35. The number of anilines is 1. The Labute approximate surface area is 252 Å². The number of pyridine rings is 1. The number of hydrogen-bond donors (Lipinski definition) is 0. The fourth-order valence-electron chi connectivity index (χ4n) is 5.27. The van der Waals surface area contributed by atoms with Crippen LogP contribution in [0, 0.1) is 6.92 Å². The number of piperazine rings is 1. The minimum Gasteiger partial charge on any atom is -0.462 e. The molecule has 0 N–H and O–H groups in total. The van der Waals surface area contributed by atoms with Crippen LogP contribution in [0.1, 0.15) is 28.5 Å². The Morgan fingerprint density at radius 1 is 0.977 bits per heavy atom. The van der Waals surface area contributed by atoms with Crippen LogP contribution in [0.3, 0.4) is 0 Å². The average molecular weight is 633 g/mol. The largest absolute Gasteiger partial charge is 0.462 e. The molecule has 0 amide bonds. The van der Waals surface area contributed by atoms with Crippen molar-refractivity contribution in [1.29, 1.82) is 0 Å². The molecule has 2 aromatic carbocycles. The third-order valence-corrected chi connectivity index (χ3v) is 9.41. The molecule has 0 radical (unpaired) electrons. The molecule has 0 aliphatic carbocycles. The first-order valence-electron chi connectivity index (χ1n) is 13.5. The maximum atomic E-state index is 14.5. The molecule has 1 saturated heterocycles. The van der Waals surface area contributed by atoms with Crippen molar-refractivity contribution in [2.45, 2.75) is 24.9 Å². The van der Waals surface area contributed by atoms with E-state index in [1.165, 1.54) is 21.5 Å². The van der Waals surface area contributed by atoms with Crippen molar-refractivity contribution in [2.24, 2.45) is 0 Å². The van der Waals surface area contributed by atoms with Crippen molar-refractivity contribution in [1.82, 2.24) is 13.9 Å². The molecule has 8 nitrogen and oxygen atoms in total. The molecule has 5 rings (SSSR count). The second-order valence-electron chi connectivity index (χ2n) is 9.80. The summed E-state index contributed by atoms with van der Waals surface area (Å²) in [6, 6.07) is 17.7. The van der Waals surface area contributed by atoms with Crippen molar-refractivity contribution >= 4 is 33.4 Å². The number of sulfonamides is 1. The zero-order chi connectivity index (χ0) is 30.9. The number of aromatic nitrogens is 2. The number of rotatable bonds is 7. The third-order valence-electron chi connectivity index (χ3n) is 7.20. The molecule has 1 aliphatic heterocycles. The van der Waals surface area contributed by atoms with E-state index in [-0.39, 0.29) is 54.8 Å². The van der Waals surface area contributed by atoms with E-state index in [2.05, 4.69) is 4.98 Å². The number of para-hydroxylation sites is 1. The van der Waals surface area contributed by atoms with Gasteiger partial charge in [-0.25, -0.2) is 18.2 Å². The van der Waals surface area contributed by atoms with Crippen molar-refractivity contribution in [3.8, 4) is 16.9 Å². The van der Waals surface area contributed by atoms with Gasteiger partial charge in [-0.2, -0.15) is 17.5 Å². The number of nitrogens with zero attached hydrogens (tertiary/aromatic N) is 4. The number of ether oxygens (including phenoxy) is 1. The molecule has 0 saturated carbocycles. The summed E-state index contributed by atoms with van der Waals surface area (Å²) in [5, 5.41) is 0.442. The van der Waals surface area contributed by atoms with Crippen LogP contribution in [0.25, 0.3) is 16.9 Å². The Morgan fingerprint density at radius 3 is 2.23 bits per heavy atom. The van der Waals surface area contributed by atoms with Crippen LogP contribution in [0.4, 0.5) is 19.0 Å². The van der Waals surface area contributed by atoms with Gasteiger partial charge in [0.05, 0.1) is 17.9 Å². The second-order valence-corrected chi connectivity index (χ2v) is 12.1. The lowest BCUT2D eigenvalue weighted by Gasteiger charge is -2.35. The lowest BCUT2D eigenvalue weighted by molar-refractivity contribution is -0.137. The van der Waals surface area contributed by atoms with E-state index >= 15 is 0 Å². The van der Waals surface area contributed by atoms with Gasteiger partial charge in [0.15, 0.2) is 0 Å². The van der Waals surface area contributed by atoms with Crippen molar-refractivity contribution in [3.05, 3.63) is 94.8 Å². The highest BCUT2D eigenvalue weighted by Gasteiger charge is 2.41. The van der Waals surface area contributed by atoms with Gasteiger partial charge in [0, 0.05) is 54.3 Å². The highest BCUT2D eigenvalue weighted by Crippen LogP contribution is 2.41. The Kier molecular flexibility index (Phi) is 8.55. The van der Waals surface area contributed by atoms with E-state index in [0.717, 1.165) is 6.07 Å². The molecule has 2 aromatic heterocycles. The zero-order valence-corrected chi connectivity index (χ0v) is 24.9. The summed E-state index contributed by atoms with van der Waals surface area (Å²) < 4.78 is 78.2. The van der Waals surface area contributed by atoms with Crippen LogP contribution in [0.2, 0.25) is 5.02 Å². The molecule has 13 heteroatoms. The van der Waals surface area contributed by atoms with Gasteiger partial charge >= 0.3 is 12.1 Å². The first-order chi connectivity index (χ1) is 20.4. The zero-order valence-electron chi connectivity index (χ0n) is 23.3. The Morgan fingerprint density at radius 2 is 1.63 bits per heavy atom. The summed E-state index contributed by atoms with van der Waals surface area (Å²) in [5.74, 6) is -1.06. The lowest BCUT2D eigenvalue weighted by Crippen LogP contribution is -2.49. The fraction of sp³-hybridized carbons (Fsp3) is 0.267. The molecule has 1 aliphatic rings. The van der Waals surface area contributed by atoms with E-state index in [9.17, 15) is 26.4 Å². The van der Waals surface area contributed by atoms with Gasteiger partial charge in [0.25, 0.3) is 0 Å². The Balaban J connectivity index is 1.64. The van der Waals surface area contributed by atoms with Crippen molar-refractivity contribution < 1.29 is 31.1 Å². The second kappa shape index (κ2) is 12.0. The number of benzene rings is 2. The number of alkyl halides is 3. The molecule has 1 fully saturated rings. The van der Waals surface area contributed by atoms with Crippen LogP contribution in [-0.4, -0.2) is 61.0 Å². The number of carbonyl (C=O) groups is 1. The molecule has 3 heterocycles. The first kappa shape index (κ1) is 30.6. The van der Waals surface area contributed by atoms with Gasteiger partial charge in [-0.1, -0.05) is 41.9 Å². The maximum Gasteiger partial charge on any atom is 0.419 e. The van der Waals surface area contributed by atoms with Crippen LogP contribution >= 0.6 is 11.6 Å². The topological polar surface area (TPSA) is 84.7 Å². The first-order valence-corrected chi connectivity index (χ1v) is 15.3. The Hall–Kier alpha value is -3.87. The molecular formula is C30H28ClF3N4O4S. The molecule has 0 atom stereocenters. The fourth-order valence-corrected chi connectivity index (χ4v) is 7.24. The van der Waals surface area contributed by atoms with E-state index in [1.54, 1.807) is 66.9 Å². The number of hydrogen-bond acceptors (Lipinski definition) is 6. The van der Waals surface area contributed by atoms with Crippen LogP contribution < -0.4 is 4.90 Å². The van der Waals surface area contributed by atoms with E-state index in [0.29, 0.717) is 22.0 Å². The van der Waals surface area contributed by atoms with E-state index in [4.69, 9.17) is 16.3 Å². The van der Waals surface area contributed by atoms with Gasteiger partial charge < -0.3 is 14.2 Å². The van der Waals surface area contributed by atoms with Gasteiger partial charge in [-0.3, -0.25) is 0 Å². The predicted octanol–water partition coefficient (Wildman–Crippen LogP) is 6.21. The minimum absolute atomic E-state index is 0.0227. The van der Waals surface area contributed by atoms with Crippen LogP contribution in [-0.2, 0) is 20.9 Å².